The fourth-order valence-corrected chi connectivity index (χ4v) is 1.98. The molecule has 2 nitrogen and oxygen atoms in total. The van der Waals surface area contributed by atoms with Crippen LogP contribution >= 0.6 is 11.6 Å². The van der Waals surface area contributed by atoms with Crippen molar-refractivity contribution in [1.29, 1.82) is 0 Å². The Morgan fingerprint density at radius 1 is 1.41 bits per heavy atom. The van der Waals surface area contributed by atoms with Crippen LogP contribution in [-0.2, 0) is 11.4 Å². The molecule has 0 aliphatic rings. The largest absolute Gasteiger partial charge is 0.591 e. The summed E-state index contributed by atoms with van der Waals surface area (Å²) in [6.45, 7) is 7.15. The monoisotopic (exact) mass is 275 g/mol. The molecule has 0 spiro atoms. The number of hydrogen-bond donors (Lipinski definition) is 0. The Bertz CT molecular complexity index is 443. The summed E-state index contributed by atoms with van der Waals surface area (Å²) in [6, 6.07) is 4.49. The number of hydrogen-bond acceptors (Lipinski definition) is 2. The fraction of sp³-hybridized carbons (Fsp3) is 0.417. The average Bonchev–Trinajstić information content (AvgIpc) is 2.20. The van der Waals surface area contributed by atoms with Gasteiger partial charge in [0.15, 0.2) is 0 Å². The molecule has 94 valence electrons. The second-order valence-electron chi connectivity index (χ2n) is 4.64. The molecule has 1 atom stereocenters. The molecular formula is C12H15ClFNOS. The van der Waals surface area contributed by atoms with Crippen molar-refractivity contribution in [3.8, 4) is 0 Å². The number of nitrogens with zero attached hydrogens (tertiary/aromatic N) is 1. The number of rotatable bonds is 2. The van der Waals surface area contributed by atoms with Gasteiger partial charge in [-0.25, -0.2) is 4.39 Å². The molecule has 0 fully saturated rings. The Morgan fingerprint density at radius 3 is 2.53 bits per heavy atom. The third-order valence-corrected chi connectivity index (χ3v) is 3.96. The van der Waals surface area contributed by atoms with Crippen molar-refractivity contribution < 1.29 is 8.94 Å². The Morgan fingerprint density at radius 2 is 2.00 bits per heavy atom. The highest BCUT2D eigenvalue weighted by Gasteiger charge is 2.27. The predicted molar refractivity (Wildman–Crippen MR) is 71.5 cm³/mol. The van der Waals surface area contributed by atoms with Crippen LogP contribution < -0.4 is 0 Å². The van der Waals surface area contributed by atoms with Crippen molar-refractivity contribution in [2.75, 3.05) is 0 Å². The minimum absolute atomic E-state index is 0.0136. The lowest BCUT2D eigenvalue weighted by Gasteiger charge is -2.18. The molecular weight excluding hydrogens is 261 g/mol. The lowest BCUT2D eigenvalue weighted by atomic mass is 10.1. The van der Waals surface area contributed by atoms with E-state index < -0.39 is 21.9 Å². The van der Waals surface area contributed by atoms with Gasteiger partial charge in [-0.15, -0.1) is 0 Å². The van der Waals surface area contributed by atoms with Gasteiger partial charge in [0.2, 0.25) is 0 Å². The number of benzene rings is 1. The first-order valence-electron chi connectivity index (χ1n) is 5.15. The molecule has 0 aliphatic heterocycles. The molecule has 0 N–H and O–H groups in total. The molecule has 17 heavy (non-hydrogen) atoms. The first kappa shape index (κ1) is 14.5. The van der Waals surface area contributed by atoms with Gasteiger partial charge in [-0.05, 0) is 33.8 Å². The van der Waals surface area contributed by atoms with Crippen LogP contribution in [0.3, 0.4) is 0 Å². The van der Waals surface area contributed by atoms with E-state index in [0.717, 1.165) is 0 Å². The lowest BCUT2D eigenvalue weighted by molar-refractivity contribution is 0.561. The van der Waals surface area contributed by atoms with E-state index in [-0.39, 0.29) is 5.02 Å². The van der Waals surface area contributed by atoms with Gasteiger partial charge >= 0.3 is 0 Å². The van der Waals surface area contributed by atoms with Crippen LogP contribution in [0.1, 0.15) is 33.3 Å². The maximum Gasteiger partial charge on any atom is 0.144 e. The molecule has 1 aromatic rings. The molecule has 0 aliphatic carbocycles. The Hall–Kier alpha value is -0.580. The average molecular weight is 276 g/mol. The van der Waals surface area contributed by atoms with E-state index in [2.05, 4.69) is 4.40 Å². The summed E-state index contributed by atoms with van der Waals surface area (Å²) < 4.78 is 28.7. The second-order valence-corrected chi connectivity index (χ2v) is 6.92. The molecule has 1 aromatic carbocycles. The third kappa shape index (κ3) is 3.69. The van der Waals surface area contributed by atoms with E-state index in [1.807, 2.05) is 20.8 Å². The quantitative estimate of drug-likeness (QED) is 0.598. The summed E-state index contributed by atoms with van der Waals surface area (Å²) in [5.41, 5.74) is 0.951. The summed E-state index contributed by atoms with van der Waals surface area (Å²) in [5.74, 6) is -0.500. The standard InChI is InChI=1S/C12H15ClFNOS/c1-8(15-17(16)12(2,3)4)9-6-5-7-10(14)11(9)13/h5-7H,1-4H3/b15-8+. The van der Waals surface area contributed by atoms with E-state index in [9.17, 15) is 8.94 Å². The van der Waals surface area contributed by atoms with Crippen molar-refractivity contribution in [3.63, 3.8) is 0 Å². The molecule has 5 heteroatoms. The van der Waals surface area contributed by atoms with Crippen LogP contribution in [0.25, 0.3) is 0 Å². The van der Waals surface area contributed by atoms with Crippen molar-refractivity contribution in [3.05, 3.63) is 34.6 Å². The van der Waals surface area contributed by atoms with Gasteiger partial charge in [0.05, 0.1) is 10.7 Å². The summed E-state index contributed by atoms with van der Waals surface area (Å²) in [4.78, 5) is 0. The van der Waals surface area contributed by atoms with Crippen molar-refractivity contribution >= 4 is 28.7 Å². The Labute approximate surface area is 109 Å². The van der Waals surface area contributed by atoms with Gasteiger partial charge in [0.1, 0.15) is 21.9 Å². The van der Waals surface area contributed by atoms with E-state index in [4.69, 9.17) is 11.6 Å². The van der Waals surface area contributed by atoms with Crippen molar-refractivity contribution in [1.82, 2.24) is 0 Å². The summed E-state index contributed by atoms with van der Waals surface area (Å²) in [6.07, 6.45) is 0. The van der Waals surface area contributed by atoms with Gasteiger partial charge in [0.25, 0.3) is 0 Å². The van der Waals surface area contributed by atoms with Crippen LogP contribution in [0.15, 0.2) is 22.6 Å². The van der Waals surface area contributed by atoms with E-state index >= 15 is 0 Å². The molecule has 1 unspecified atom stereocenters. The highest BCUT2D eigenvalue weighted by molar-refractivity contribution is 7.91. The SMILES string of the molecule is C/C(=N\[S+]([O-])C(C)(C)C)c1cccc(F)c1Cl. The summed E-state index contributed by atoms with van der Waals surface area (Å²) in [7, 11) is 0. The minimum Gasteiger partial charge on any atom is -0.591 e. The maximum atomic E-state index is 13.2. The number of halogens is 2. The van der Waals surface area contributed by atoms with Crippen LogP contribution in [0, 0.1) is 5.82 Å². The zero-order chi connectivity index (χ0) is 13.2. The summed E-state index contributed by atoms with van der Waals surface area (Å²) in [5, 5.41) is 0.0136. The van der Waals surface area contributed by atoms with Crippen molar-refractivity contribution in [2.45, 2.75) is 32.4 Å². The van der Waals surface area contributed by atoms with Gasteiger partial charge in [-0.3, -0.25) is 0 Å². The zero-order valence-electron chi connectivity index (χ0n) is 10.3. The minimum atomic E-state index is -1.38. The smallest absolute Gasteiger partial charge is 0.144 e. The topological polar surface area (TPSA) is 35.4 Å². The normalized spacial score (nSPS) is 14.9. The highest BCUT2D eigenvalue weighted by atomic mass is 35.5. The van der Waals surface area contributed by atoms with E-state index in [1.165, 1.54) is 6.07 Å². The van der Waals surface area contributed by atoms with Gasteiger partial charge in [-0.1, -0.05) is 28.1 Å². The first-order chi connectivity index (χ1) is 7.73. The Kier molecular flexibility index (Phi) is 4.58. The highest BCUT2D eigenvalue weighted by Crippen LogP contribution is 2.23. The molecule has 0 saturated heterocycles. The van der Waals surface area contributed by atoms with Gasteiger partial charge in [-0.2, -0.15) is 0 Å². The lowest BCUT2D eigenvalue weighted by Crippen LogP contribution is -2.26. The van der Waals surface area contributed by atoms with Crippen LogP contribution in [0.5, 0.6) is 0 Å². The van der Waals surface area contributed by atoms with E-state index in [0.29, 0.717) is 11.3 Å². The van der Waals surface area contributed by atoms with Gasteiger partial charge in [0, 0.05) is 5.56 Å². The fourth-order valence-electron chi connectivity index (χ4n) is 1.09. The first-order valence-corrected chi connectivity index (χ1v) is 6.63. The molecule has 0 amide bonds. The predicted octanol–water partition coefficient (Wildman–Crippen LogP) is 3.75. The maximum absolute atomic E-state index is 13.2. The molecule has 1 rings (SSSR count). The van der Waals surface area contributed by atoms with Crippen LogP contribution in [0.2, 0.25) is 5.02 Å². The van der Waals surface area contributed by atoms with Crippen LogP contribution in [0.4, 0.5) is 4.39 Å². The molecule has 0 radical (unpaired) electrons. The Balaban J connectivity index is 3.09. The van der Waals surface area contributed by atoms with Crippen LogP contribution in [-0.4, -0.2) is 15.0 Å². The molecule has 0 aromatic heterocycles. The molecule has 0 saturated carbocycles. The van der Waals surface area contributed by atoms with E-state index in [1.54, 1.807) is 19.1 Å². The molecule has 0 heterocycles. The van der Waals surface area contributed by atoms with Gasteiger partial charge < -0.3 is 4.55 Å². The molecule has 0 bridgehead atoms. The summed E-state index contributed by atoms with van der Waals surface area (Å²) >= 11 is 4.46. The third-order valence-electron chi connectivity index (χ3n) is 2.09. The second kappa shape index (κ2) is 5.38. The van der Waals surface area contributed by atoms with Crippen molar-refractivity contribution in [2.24, 2.45) is 4.40 Å². The zero-order valence-corrected chi connectivity index (χ0v) is 11.8.